The van der Waals surface area contributed by atoms with Crippen molar-refractivity contribution >= 4 is 22.1 Å². The van der Waals surface area contributed by atoms with Crippen LogP contribution in [0.1, 0.15) is 31.2 Å². The van der Waals surface area contributed by atoms with Gasteiger partial charge in [-0.3, -0.25) is 0 Å². The predicted octanol–water partition coefficient (Wildman–Crippen LogP) is 2.81. The van der Waals surface area contributed by atoms with Crippen LogP contribution in [0.4, 0.5) is 4.79 Å². The molecule has 1 aliphatic heterocycles. The highest BCUT2D eigenvalue weighted by Crippen LogP contribution is 2.21. The van der Waals surface area contributed by atoms with Gasteiger partial charge >= 0.3 is 6.09 Å². The summed E-state index contributed by atoms with van der Waals surface area (Å²) in [5, 5.41) is 12.8. The third kappa shape index (κ3) is 6.67. The third-order valence-corrected chi connectivity index (χ3v) is 5.69. The van der Waals surface area contributed by atoms with Gasteiger partial charge < -0.3 is 14.8 Å². The zero-order valence-electron chi connectivity index (χ0n) is 15.0. The molecular weight excluding hydrogens is 356 g/mol. The van der Waals surface area contributed by atoms with Crippen LogP contribution in [0.2, 0.25) is 0 Å². The summed E-state index contributed by atoms with van der Waals surface area (Å²) in [5.74, 6) is 0.562. The lowest BCUT2D eigenvalue weighted by atomic mass is 9.92. The molecule has 144 valence electrons. The number of rotatable bonds is 8. The van der Waals surface area contributed by atoms with Gasteiger partial charge in [0, 0.05) is 32.0 Å². The second kappa shape index (κ2) is 9.56. The van der Waals surface area contributed by atoms with Crippen LogP contribution in [0.5, 0.6) is 0 Å². The molecule has 1 aromatic carbocycles. The first kappa shape index (κ1) is 20.2. The van der Waals surface area contributed by atoms with Crippen molar-refractivity contribution in [1.82, 2.24) is 4.90 Å². The van der Waals surface area contributed by atoms with E-state index >= 15 is 0 Å². The quantitative estimate of drug-likeness (QED) is 0.424. The van der Waals surface area contributed by atoms with Gasteiger partial charge in [0.15, 0.2) is 9.84 Å². The zero-order chi connectivity index (χ0) is 19.0. The first-order chi connectivity index (χ1) is 12.4. The first-order valence-electron chi connectivity index (χ1n) is 8.77. The lowest BCUT2D eigenvalue weighted by molar-refractivity contribution is 0.113. The van der Waals surface area contributed by atoms with Crippen LogP contribution < -0.4 is 0 Å². The molecule has 1 fully saturated rings. The van der Waals surface area contributed by atoms with Crippen LogP contribution in [0.3, 0.4) is 0 Å². The molecule has 8 heteroatoms. The number of oxime groups is 1. The lowest BCUT2D eigenvalue weighted by Gasteiger charge is -2.29. The van der Waals surface area contributed by atoms with Crippen LogP contribution in [0, 0.1) is 5.92 Å². The molecule has 26 heavy (non-hydrogen) atoms. The summed E-state index contributed by atoms with van der Waals surface area (Å²) in [6.45, 7) is 1.79. The number of nitrogens with zero attached hydrogens (tertiary/aromatic N) is 2. The van der Waals surface area contributed by atoms with Gasteiger partial charge in [-0.25, -0.2) is 13.2 Å². The van der Waals surface area contributed by atoms with E-state index in [1.165, 1.54) is 11.2 Å². The number of hydrogen-bond donors (Lipinski definition) is 1. The van der Waals surface area contributed by atoms with E-state index in [2.05, 4.69) is 5.16 Å². The van der Waals surface area contributed by atoms with E-state index in [4.69, 9.17) is 9.94 Å². The number of benzene rings is 1. The van der Waals surface area contributed by atoms with E-state index in [1.54, 1.807) is 30.5 Å². The molecule has 0 unspecified atom stereocenters. The van der Waals surface area contributed by atoms with E-state index in [9.17, 15) is 13.2 Å². The van der Waals surface area contributed by atoms with Gasteiger partial charge in [-0.15, -0.1) is 0 Å². The standard InChI is InChI=1S/C18H26N2O5S/c1-26(23,24)17-6-4-16(5-7-17)8-11-19-25-14-2-3-15-9-12-20(13-10-15)18(21)22/h4-7,11,15H,2-3,8-10,12-14H2,1H3,(H,21,22). The molecule has 0 spiro atoms. The van der Waals surface area contributed by atoms with E-state index in [-0.39, 0.29) is 0 Å². The fraction of sp³-hybridized carbons (Fsp3) is 0.556. The zero-order valence-corrected chi connectivity index (χ0v) is 15.8. The fourth-order valence-electron chi connectivity index (χ4n) is 2.97. The normalized spacial score (nSPS) is 16.1. The Kier molecular flexibility index (Phi) is 7.44. The van der Waals surface area contributed by atoms with Crippen molar-refractivity contribution in [1.29, 1.82) is 0 Å². The molecule has 1 heterocycles. The van der Waals surface area contributed by atoms with E-state index < -0.39 is 15.9 Å². The van der Waals surface area contributed by atoms with Crippen LogP contribution in [-0.4, -0.2) is 56.7 Å². The molecular formula is C18H26N2O5S. The van der Waals surface area contributed by atoms with Gasteiger partial charge in [-0.2, -0.15) is 0 Å². The largest absolute Gasteiger partial charge is 0.465 e. The average Bonchev–Trinajstić information content (AvgIpc) is 2.61. The number of likely N-dealkylation sites (tertiary alicyclic amines) is 1. The Morgan fingerprint density at radius 2 is 1.96 bits per heavy atom. The molecule has 0 radical (unpaired) electrons. The SMILES string of the molecule is CS(=O)(=O)c1ccc(CC=NOCCCC2CCN(C(=O)O)CC2)cc1. The Morgan fingerprint density at radius 3 is 2.54 bits per heavy atom. The number of hydrogen-bond acceptors (Lipinski definition) is 5. The number of carboxylic acid groups (broad SMARTS) is 1. The van der Waals surface area contributed by atoms with Crippen molar-refractivity contribution in [2.24, 2.45) is 11.1 Å². The van der Waals surface area contributed by atoms with Gasteiger partial charge in [0.25, 0.3) is 0 Å². The highest BCUT2D eigenvalue weighted by Gasteiger charge is 2.21. The minimum absolute atomic E-state index is 0.309. The highest BCUT2D eigenvalue weighted by molar-refractivity contribution is 7.90. The maximum absolute atomic E-state index is 11.4. The molecule has 0 atom stereocenters. The van der Waals surface area contributed by atoms with Crippen molar-refractivity contribution in [3.05, 3.63) is 29.8 Å². The van der Waals surface area contributed by atoms with Crippen molar-refractivity contribution in [2.75, 3.05) is 26.0 Å². The first-order valence-corrected chi connectivity index (χ1v) is 10.7. The molecule has 1 N–H and O–H groups in total. The summed E-state index contributed by atoms with van der Waals surface area (Å²) in [4.78, 5) is 17.9. The van der Waals surface area contributed by atoms with Gasteiger partial charge in [0.1, 0.15) is 6.61 Å². The molecule has 0 aromatic heterocycles. The summed E-state index contributed by atoms with van der Waals surface area (Å²) in [5.41, 5.74) is 0.968. The molecule has 1 saturated heterocycles. The van der Waals surface area contributed by atoms with Crippen molar-refractivity contribution in [3.63, 3.8) is 0 Å². The van der Waals surface area contributed by atoms with Gasteiger partial charge in [0.05, 0.1) is 4.90 Å². The third-order valence-electron chi connectivity index (χ3n) is 4.56. The summed E-state index contributed by atoms with van der Waals surface area (Å²) in [7, 11) is -3.16. The number of amides is 1. The molecule has 0 aliphatic carbocycles. The van der Waals surface area contributed by atoms with E-state index in [1.807, 2.05) is 0 Å². The van der Waals surface area contributed by atoms with Crippen molar-refractivity contribution in [2.45, 2.75) is 37.0 Å². The topological polar surface area (TPSA) is 96.3 Å². The van der Waals surface area contributed by atoms with Crippen LogP contribution >= 0.6 is 0 Å². The van der Waals surface area contributed by atoms with E-state index in [0.29, 0.717) is 36.9 Å². The summed E-state index contributed by atoms with van der Waals surface area (Å²) in [6.07, 6.45) is 6.37. The maximum atomic E-state index is 11.4. The van der Waals surface area contributed by atoms with Crippen LogP contribution in [0.15, 0.2) is 34.3 Å². The van der Waals surface area contributed by atoms with Gasteiger partial charge in [0.2, 0.25) is 0 Å². The highest BCUT2D eigenvalue weighted by atomic mass is 32.2. The second-order valence-electron chi connectivity index (χ2n) is 6.60. The Balaban J connectivity index is 1.58. The summed E-state index contributed by atoms with van der Waals surface area (Å²) < 4.78 is 22.8. The Bertz CT molecular complexity index is 708. The van der Waals surface area contributed by atoms with Crippen LogP contribution in [-0.2, 0) is 21.1 Å². The Hall–Kier alpha value is -2.09. The summed E-state index contributed by atoms with van der Waals surface area (Å²) in [6, 6.07) is 6.72. The van der Waals surface area contributed by atoms with E-state index in [0.717, 1.165) is 31.2 Å². The minimum atomic E-state index is -3.16. The molecule has 0 saturated carbocycles. The van der Waals surface area contributed by atoms with Gasteiger partial charge in [-0.1, -0.05) is 17.3 Å². The number of carbonyl (C=O) groups is 1. The fourth-order valence-corrected chi connectivity index (χ4v) is 3.60. The predicted molar refractivity (Wildman–Crippen MR) is 99.3 cm³/mol. The second-order valence-corrected chi connectivity index (χ2v) is 8.61. The van der Waals surface area contributed by atoms with Crippen molar-refractivity contribution < 1.29 is 23.2 Å². The molecule has 1 amide bonds. The number of piperidine rings is 1. The summed E-state index contributed by atoms with van der Waals surface area (Å²) >= 11 is 0. The molecule has 2 rings (SSSR count). The minimum Gasteiger partial charge on any atom is -0.465 e. The van der Waals surface area contributed by atoms with Crippen molar-refractivity contribution in [3.8, 4) is 0 Å². The molecule has 1 aromatic rings. The molecule has 1 aliphatic rings. The lowest BCUT2D eigenvalue weighted by Crippen LogP contribution is -2.37. The Morgan fingerprint density at radius 1 is 1.31 bits per heavy atom. The monoisotopic (exact) mass is 382 g/mol. The van der Waals surface area contributed by atoms with Crippen LogP contribution in [0.25, 0.3) is 0 Å². The average molecular weight is 382 g/mol. The van der Waals surface area contributed by atoms with Gasteiger partial charge in [-0.05, 0) is 49.3 Å². The molecule has 0 bridgehead atoms. The maximum Gasteiger partial charge on any atom is 0.407 e. The number of sulfone groups is 1. The molecule has 7 nitrogen and oxygen atoms in total. The Labute approximate surface area is 154 Å². The smallest absolute Gasteiger partial charge is 0.407 e.